The predicted molar refractivity (Wildman–Crippen MR) is 111 cm³/mol. The molecule has 1 saturated heterocycles. The third-order valence-corrected chi connectivity index (χ3v) is 7.04. The molecule has 1 aromatic heterocycles. The number of aromatic hydroxyl groups is 1. The number of fused-ring (bicyclic) bond motifs is 2. The van der Waals surface area contributed by atoms with E-state index in [1.807, 2.05) is 12.3 Å². The molecular weight excluding hydrogens is 414 g/mol. The van der Waals surface area contributed by atoms with E-state index in [1.165, 1.54) is 6.26 Å². The summed E-state index contributed by atoms with van der Waals surface area (Å²) in [5.41, 5.74) is 2.66. The van der Waals surface area contributed by atoms with Gasteiger partial charge in [0.25, 0.3) is 0 Å². The number of hydrogen-bond acceptors (Lipinski definition) is 6. The molecule has 0 radical (unpaired) electrons. The van der Waals surface area contributed by atoms with Crippen LogP contribution < -0.4 is 5.32 Å². The lowest BCUT2D eigenvalue weighted by molar-refractivity contribution is -0.0984. The Morgan fingerprint density at radius 2 is 2.21 bits per heavy atom. The van der Waals surface area contributed by atoms with E-state index in [9.17, 15) is 13.5 Å². The Balaban J connectivity index is 1.62. The second kappa shape index (κ2) is 7.58. The molecule has 7 nitrogen and oxygen atoms in total. The highest BCUT2D eigenvalue weighted by Crippen LogP contribution is 2.48. The average Bonchev–Trinajstić information content (AvgIpc) is 3.10. The van der Waals surface area contributed by atoms with Crippen LogP contribution in [-0.2, 0) is 33.1 Å². The fourth-order valence-electron chi connectivity index (χ4n) is 4.53. The van der Waals surface area contributed by atoms with Crippen LogP contribution in [0.4, 0.5) is 0 Å². The highest BCUT2D eigenvalue weighted by atomic mass is 35.5. The maximum Gasteiger partial charge on any atom is 0.149 e. The van der Waals surface area contributed by atoms with Gasteiger partial charge < -0.3 is 15.2 Å². The van der Waals surface area contributed by atoms with E-state index < -0.39 is 15.4 Å². The minimum Gasteiger partial charge on any atom is -0.506 e. The Hall–Kier alpha value is -1.61. The number of hydrogen-bond donors (Lipinski definition) is 2. The third kappa shape index (κ3) is 4.30. The van der Waals surface area contributed by atoms with Gasteiger partial charge >= 0.3 is 0 Å². The topological polar surface area (TPSA) is 93.5 Å². The Morgan fingerprint density at radius 1 is 1.41 bits per heavy atom. The Labute approximate surface area is 175 Å². The molecule has 0 saturated carbocycles. The van der Waals surface area contributed by atoms with Gasteiger partial charge in [0, 0.05) is 36.5 Å². The number of rotatable bonds is 4. The van der Waals surface area contributed by atoms with E-state index in [2.05, 4.69) is 17.3 Å². The number of sulfone groups is 1. The summed E-state index contributed by atoms with van der Waals surface area (Å²) in [6.07, 6.45) is 7.19. The molecule has 1 aromatic carbocycles. The van der Waals surface area contributed by atoms with Gasteiger partial charge in [-0.2, -0.15) is 5.10 Å². The standard InChI is InChI=1S/C20H26ClN3O4S/c1-13-9-20(16-8-17(21)19(25)7-14(16)3-5-28-20)10-18(23-13)15-11-22-24(12-15)4-6-29(2,26)27/h7-8,11-13,18,23,25H,3-6,9-10H2,1-2H3. The lowest BCUT2D eigenvalue weighted by atomic mass is 9.74. The molecule has 3 unspecified atom stereocenters. The zero-order valence-corrected chi connectivity index (χ0v) is 18.1. The van der Waals surface area contributed by atoms with Gasteiger partial charge in [-0.1, -0.05) is 11.6 Å². The first-order chi connectivity index (χ1) is 13.7. The van der Waals surface area contributed by atoms with Crippen molar-refractivity contribution in [2.45, 2.75) is 50.4 Å². The van der Waals surface area contributed by atoms with Crippen LogP contribution in [0.1, 0.15) is 42.5 Å². The quantitative estimate of drug-likeness (QED) is 0.760. The molecule has 2 aliphatic heterocycles. The van der Waals surface area contributed by atoms with Crippen molar-refractivity contribution >= 4 is 21.4 Å². The van der Waals surface area contributed by atoms with Crippen molar-refractivity contribution in [1.29, 1.82) is 0 Å². The molecule has 9 heteroatoms. The van der Waals surface area contributed by atoms with E-state index in [0.29, 0.717) is 24.6 Å². The summed E-state index contributed by atoms with van der Waals surface area (Å²) >= 11 is 6.23. The van der Waals surface area contributed by atoms with Gasteiger partial charge in [0.2, 0.25) is 0 Å². The average molecular weight is 440 g/mol. The molecule has 29 heavy (non-hydrogen) atoms. The van der Waals surface area contributed by atoms with E-state index in [-0.39, 0.29) is 23.6 Å². The number of piperidine rings is 1. The van der Waals surface area contributed by atoms with Crippen LogP contribution >= 0.6 is 11.6 Å². The highest BCUT2D eigenvalue weighted by Gasteiger charge is 2.45. The van der Waals surface area contributed by atoms with Crippen LogP contribution in [0.5, 0.6) is 5.75 Å². The molecule has 1 fully saturated rings. The largest absolute Gasteiger partial charge is 0.506 e. The van der Waals surface area contributed by atoms with E-state index in [4.69, 9.17) is 16.3 Å². The van der Waals surface area contributed by atoms with Crippen molar-refractivity contribution in [3.05, 3.63) is 46.2 Å². The van der Waals surface area contributed by atoms with Gasteiger partial charge in [0.1, 0.15) is 15.6 Å². The molecule has 2 aromatic rings. The lowest BCUT2D eigenvalue weighted by Gasteiger charge is -2.47. The molecule has 2 N–H and O–H groups in total. The predicted octanol–water partition coefficient (Wildman–Crippen LogP) is 2.57. The van der Waals surface area contributed by atoms with Crippen molar-refractivity contribution in [3.63, 3.8) is 0 Å². The summed E-state index contributed by atoms with van der Waals surface area (Å²) in [7, 11) is -3.04. The van der Waals surface area contributed by atoms with Crippen LogP contribution in [-0.4, -0.2) is 48.0 Å². The molecular formula is C20H26ClN3O4S. The minimum atomic E-state index is -3.04. The number of nitrogens with one attached hydrogen (secondary N) is 1. The molecule has 0 aliphatic carbocycles. The molecule has 1 spiro atoms. The van der Waals surface area contributed by atoms with Gasteiger partial charge in [-0.05, 0) is 43.0 Å². The fourth-order valence-corrected chi connectivity index (χ4v) is 5.21. The van der Waals surface area contributed by atoms with Crippen molar-refractivity contribution in [2.75, 3.05) is 18.6 Å². The molecule has 3 heterocycles. The number of phenolic OH excluding ortho intramolecular Hbond substituents is 1. The van der Waals surface area contributed by atoms with Crippen LogP contribution in [0.2, 0.25) is 5.02 Å². The lowest BCUT2D eigenvalue weighted by Crippen LogP contribution is -2.50. The third-order valence-electron chi connectivity index (χ3n) is 5.82. The second-order valence-electron chi connectivity index (χ2n) is 8.25. The molecule has 0 bridgehead atoms. The minimum absolute atomic E-state index is 0.0178. The highest BCUT2D eigenvalue weighted by molar-refractivity contribution is 7.90. The number of aryl methyl sites for hydroxylation is 1. The van der Waals surface area contributed by atoms with Crippen molar-refractivity contribution in [1.82, 2.24) is 15.1 Å². The van der Waals surface area contributed by atoms with Crippen molar-refractivity contribution < 1.29 is 18.3 Å². The zero-order valence-electron chi connectivity index (χ0n) is 16.6. The summed E-state index contributed by atoms with van der Waals surface area (Å²) in [4.78, 5) is 0. The molecule has 3 atom stereocenters. The van der Waals surface area contributed by atoms with Gasteiger partial charge in [0.05, 0.1) is 35.7 Å². The van der Waals surface area contributed by atoms with Crippen LogP contribution in [0, 0.1) is 0 Å². The van der Waals surface area contributed by atoms with Crippen molar-refractivity contribution in [3.8, 4) is 5.75 Å². The molecule has 158 valence electrons. The van der Waals surface area contributed by atoms with Crippen molar-refractivity contribution in [2.24, 2.45) is 0 Å². The zero-order chi connectivity index (χ0) is 20.8. The number of ether oxygens (including phenoxy) is 1. The van der Waals surface area contributed by atoms with Gasteiger partial charge in [-0.25, -0.2) is 8.42 Å². The smallest absolute Gasteiger partial charge is 0.149 e. The Morgan fingerprint density at radius 3 is 2.97 bits per heavy atom. The first-order valence-corrected chi connectivity index (χ1v) is 12.2. The van der Waals surface area contributed by atoms with Crippen LogP contribution in [0.15, 0.2) is 24.5 Å². The normalized spacial score (nSPS) is 27.1. The number of aromatic nitrogens is 2. The Bertz CT molecular complexity index is 1020. The van der Waals surface area contributed by atoms with E-state index >= 15 is 0 Å². The molecule has 4 rings (SSSR count). The summed E-state index contributed by atoms with van der Waals surface area (Å²) in [6, 6.07) is 3.82. The molecule has 2 aliphatic rings. The number of benzene rings is 1. The van der Waals surface area contributed by atoms with Crippen LogP contribution in [0.3, 0.4) is 0 Å². The summed E-state index contributed by atoms with van der Waals surface area (Å²) in [6.45, 7) is 3.06. The summed E-state index contributed by atoms with van der Waals surface area (Å²) in [5.74, 6) is 0.165. The van der Waals surface area contributed by atoms with Gasteiger partial charge in [-0.15, -0.1) is 0 Å². The first-order valence-electron chi connectivity index (χ1n) is 9.77. The fraction of sp³-hybridized carbons (Fsp3) is 0.550. The summed E-state index contributed by atoms with van der Waals surface area (Å²) < 4.78 is 30.9. The first kappa shape index (κ1) is 20.7. The number of nitrogens with zero attached hydrogens (tertiary/aromatic N) is 2. The number of phenols is 1. The Kier molecular flexibility index (Phi) is 5.40. The number of halogens is 1. The van der Waals surface area contributed by atoms with Gasteiger partial charge in [0.15, 0.2) is 0 Å². The SMILES string of the molecule is CC1CC2(CC(c3cnn(CCS(C)(=O)=O)c3)N1)OCCc1cc(O)c(Cl)cc12. The maximum atomic E-state index is 11.4. The van der Waals surface area contributed by atoms with Crippen LogP contribution in [0.25, 0.3) is 0 Å². The monoisotopic (exact) mass is 439 g/mol. The second-order valence-corrected chi connectivity index (χ2v) is 10.9. The van der Waals surface area contributed by atoms with E-state index in [0.717, 1.165) is 29.5 Å². The maximum absolute atomic E-state index is 11.4. The van der Waals surface area contributed by atoms with E-state index in [1.54, 1.807) is 16.9 Å². The van der Waals surface area contributed by atoms with Gasteiger partial charge in [-0.3, -0.25) is 4.68 Å². The molecule has 0 amide bonds. The summed E-state index contributed by atoms with van der Waals surface area (Å²) in [5, 5.41) is 18.3.